The van der Waals surface area contributed by atoms with Gasteiger partial charge in [0, 0.05) is 25.1 Å². The number of hydrogen-bond acceptors (Lipinski definition) is 6. The molecule has 0 radical (unpaired) electrons. The van der Waals surface area contributed by atoms with E-state index >= 15 is 0 Å². The fourth-order valence-electron chi connectivity index (χ4n) is 1.77. The minimum atomic E-state index is -0.116. The first kappa shape index (κ1) is 13.1. The summed E-state index contributed by atoms with van der Waals surface area (Å²) in [5.41, 5.74) is 5.93. The molecule has 1 aliphatic heterocycles. The number of nitrogen functional groups attached to an aromatic ring is 1. The average molecular weight is 287 g/mol. The van der Waals surface area contributed by atoms with Crippen LogP contribution in [-0.4, -0.2) is 32.8 Å². The molecule has 1 unspecified atom stereocenters. The predicted octanol–water partition coefficient (Wildman–Crippen LogP) is 1.10. The zero-order valence-corrected chi connectivity index (χ0v) is 11.2. The first-order chi connectivity index (χ1) is 8.49. The fourth-order valence-corrected chi connectivity index (χ4v) is 2.82. The molecule has 2 heterocycles. The highest BCUT2D eigenvalue weighted by Crippen LogP contribution is 2.32. The van der Waals surface area contributed by atoms with Gasteiger partial charge in [-0.25, -0.2) is 9.97 Å². The van der Waals surface area contributed by atoms with E-state index in [1.807, 2.05) is 0 Å². The molecule has 8 heteroatoms. The topological polar surface area (TPSA) is 89.2 Å². The smallest absolute Gasteiger partial charge is 0.229 e. The Morgan fingerprint density at radius 1 is 1.61 bits per heavy atom. The number of carbonyl (C=O) groups is 2. The molecule has 0 bridgehead atoms. The van der Waals surface area contributed by atoms with Crippen molar-refractivity contribution in [2.45, 2.75) is 18.6 Å². The minimum absolute atomic E-state index is 0.0108. The number of halogens is 1. The monoisotopic (exact) mass is 286 g/mol. The molecule has 1 fully saturated rings. The van der Waals surface area contributed by atoms with Crippen molar-refractivity contribution in [3.63, 3.8) is 0 Å². The van der Waals surface area contributed by atoms with Gasteiger partial charge in [-0.3, -0.25) is 14.5 Å². The van der Waals surface area contributed by atoms with E-state index < -0.39 is 0 Å². The van der Waals surface area contributed by atoms with E-state index in [-0.39, 0.29) is 27.1 Å². The van der Waals surface area contributed by atoms with Gasteiger partial charge in [-0.2, -0.15) is 0 Å². The number of nitrogens with zero attached hydrogens (tertiary/aromatic N) is 3. The van der Waals surface area contributed by atoms with Crippen molar-refractivity contribution in [3.8, 4) is 0 Å². The normalized spacial score (nSPS) is 19.3. The highest BCUT2D eigenvalue weighted by atomic mass is 35.5. The van der Waals surface area contributed by atoms with Gasteiger partial charge in [-0.05, 0) is 0 Å². The lowest BCUT2D eigenvalue weighted by atomic mass is 10.4. The molecule has 0 saturated carbocycles. The highest BCUT2D eigenvalue weighted by Gasteiger charge is 2.34. The van der Waals surface area contributed by atoms with E-state index in [1.54, 1.807) is 0 Å². The molecule has 0 spiro atoms. The van der Waals surface area contributed by atoms with Gasteiger partial charge in [0.15, 0.2) is 16.1 Å². The second-order valence-corrected chi connectivity index (χ2v) is 5.68. The van der Waals surface area contributed by atoms with Gasteiger partial charge in [0.2, 0.25) is 5.91 Å². The number of rotatable bonds is 2. The van der Waals surface area contributed by atoms with Crippen LogP contribution in [0.2, 0.25) is 5.15 Å². The van der Waals surface area contributed by atoms with Crippen LogP contribution in [0.25, 0.3) is 0 Å². The van der Waals surface area contributed by atoms with Crippen LogP contribution in [-0.2, 0) is 9.59 Å². The number of amides is 1. The Morgan fingerprint density at radius 3 is 3.00 bits per heavy atom. The molecule has 1 amide bonds. The predicted molar refractivity (Wildman–Crippen MR) is 70.5 cm³/mol. The molecule has 1 aromatic heterocycles. The van der Waals surface area contributed by atoms with E-state index in [0.717, 1.165) is 11.8 Å². The highest BCUT2D eigenvalue weighted by molar-refractivity contribution is 8.14. The molecule has 18 heavy (non-hydrogen) atoms. The van der Waals surface area contributed by atoms with Crippen LogP contribution in [0, 0.1) is 0 Å². The molecule has 6 nitrogen and oxygen atoms in total. The number of aromatic nitrogens is 2. The Morgan fingerprint density at radius 2 is 2.33 bits per heavy atom. The van der Waals surface area contributed by atoms with Crippen LogP contribution in [0.5, 0.6) is 0 Å². The van der Waals surface area contributed by atoms with E-state index in [9.17, 15) is 9.59 Å². The maximum Gasteiger partial charge on any atom is 0.229 e. The fraction of sp³-hybridized carbons (Fsp3) is 0.400. The summed E-state index contributed by atoms with van der Waals surface area (Å²) in [6.45, 7) is 1.88. The molecule has 1 atom stereocenters. The summed E-state index contributed by atoms with van der Waals surface area (Å²) in [5, 5.41) is 0.0435. The third-order valence-corrected chi connectivity index (χ3v) is 3.77. The van der Waals surface area contributed by atoms with Gasteiger partial charge in [0.25, 0.3) is 0 Å². The van der Waals surface area contributed by atoms with Crippen molar-refractivity contribution in [2.24, 2.45) is 0 Å². The Labute approximate surface area is 113 Å². The second-order valence-electron chi connectivity index (χ2n) is 3.84. The van der Waals surface area contributed by atoms with Crippen LogP contribution in [0.3, 0.4) is 0 Å². The van der Waals surface area contributed by atoms with Gasteiger partial charge in [-0.15, -0.1) is 0 Å². The van der Waals surface area contributed by atoms with E-state index in [4.69, 9.17) is 17.3 Å². The molecule has 0 aromatic carbocycles. The second kappa shape index (κ2) is 5.11. The summed E-state index contributed by atoms with van der Waals surface area (Å²) >= 11 is 6.94. The van der Waals surface area contributed by atoms with E-state index in [1.165, 1.54) is 18.2 Å². The lowest BCUT2D eigenvalue weighted by Gasteiger charge is -2.17. The van der Waals surface area contributed by atoms with Gasteiger partial charge in [0.05, 0.1) is 0 Å². The summed E-state index contributed by atoms with van der Waals surface area (Å²) in [4.78, 5) is 32.1. The van der Waals surface area contributed by atoms with E-state index in [2.05, 4.69) is 9.97 Å². The van der Waals surface area contributed by atoms with E-state index in [0.29, 0.717) is 18.8 Å². The van der Waals surface area contributed by atoms with Crippen LogP contribution in [0.4, 0.5) is 11.5 Å². The average Bonchev–Trinajstić information content (AvgIpc) is 2.62. The molecule has 96 valence electrons. The Hall–Kier alpha value is -1.34. The van der Waals surface area contributed by atoms with Gasteiger partial charge >= 0.3 is 0 Å². The van der Waals surface area contributed by atoms with Gasteiger partial charge < -0.3 is 5.73 Å². The van der Waals surface area contributed by atoms with Gasteiger partial charge in [-0.1, -0.05) is 23.4 Å². The van der Waals surface area contributed by atoms with Gasteiger partial charge in [0.1, 0.15) is 12.0 Å². The maximum absolute atomic E-state index is 11.9. The number of thioether (sulfide) groups is 1. The van der Waals surface area contributed by atoms with Crippen molar-refractivity contribution < 1.29 is 9.59 Å². The number of hydrogen-bond donors (Lipinski definition) is 1. The Bertz CT molecular complexity index is 511. The minimum Gasteiger partial charge on any atom is -0.393 e. The van der Waals surface area contributed by atoms with Crippen molar-refractivity contribution in [1.29, 1.82) is 0 Å². The molecular formula is C10H11ClN4O2S. The first-order valence-corrected chi connectivity index (χ1v) is 6.48. The summed E-state index contributed by atoms with van der Waals surface area (Å²) in [7, 11) is 0. The lowest BCUT2D eigenvalue weighted by molar-refractivity contribution is -0.117. The van der Waals surface area contributed by atoms with Crippen molar-refractivity contribution >= 4 is 45.9 Å². The molecule has 2 rings (SSSR count). The molecule has 0 aliphatic carbocycles. The van der Waals surface area contributed by atoms with Crippen molar-refractivity contribution in [3.05, 3.63) is 11.5 Å². The molecule has 2 N–H and O–H groups in total. The number of nitrogens with two attached hydrogens (primary N) is 1. The van der Waals surface area contributed by atoms with Crippen molar-refractivity contribution in [2.75, 3.05) is 17.2 Å². The zero-order chi connectivity index (χ0) is 13.3. The Balaban J connectivity index is 2.22. The van der Waals surface area contributed by atoms with Crippen molar-refractivity contribution in [1.82, 2.24) is 9.97 Å². The summed E-state index contributed by atoms with van der Waals surface area (Å²) in [5.74, 6) is 0.196. The largest absolute Gasteiger partial charge is 0.393 e. The Kier molecular flexibility index (Phi) is 3.72. The number of anilines is 2. The zero-order valence-electron chi connectivity index (χ0n) is 9.59. The maximum atomic E-state index is 11.9. The third kappa shape index (κ3) is 2.56. The summed E-state index contributed by atoms with van der Waals surface area (Å²) < 4.78 is 0. The summed E-state index contributed by atoms with van der Waals surface area (Å²) in [6.07, 6.45) is 1.55. The van der Waals surface area contributed by atoms with Crippen LogP contribution in [0.1, 0.15) is 13.3 Å². The quantitative estimate of drug-likeness (QED) is 0.819. The first-order valence-electron chi connectivity index (χ1n) is 5.22. The molecule has 1 saturated heterocycles. The van der Waals surface area contributed by atoms with Crippen LogP contribution < -0.4 is 10.6 Å². The van der Waals surface area contributed by atoms with Crippen LogP contribution in [0.15, 0.2) is 6.33 Å². The third-order valence-electron chi connectivity index (χ3n) is 2.49. The standard InChI is InChI=1S/C10H11ClN4O2S/c1-5(16)18-6-2-7(17)15(3-6)10-8(12)9(11)13-4-14-10/h4,6H,2-3,12H2,1H3. The summed E-state index contributed by atoms with van der Waals surface area (Å²) in [6, 6.07) is 0. The van der Waals surface area contributed by atoms with Crippen LogP contribution >= 0.6 is 23.4 Å². The SMILES string of the molecule is CC(=O)SC1CC(=O)N(c2ncnc(Cl)c2N)C1. The molecule has 1 aromatic rings. The number of carbonyl (C=O) groups excluding carboxylic acids is 2. The lowest BCUT2D eigenvalue weighted by Crippen LogP contribution is -2.27. The molecular weight excluding hydrogens is 276 g/mol. The molecule has 1 aliphatic rings.